The predicted molar refractivity (Wildman–Crippen MR) is 86.9 cm³/mol. The smallest absolute Gasteiger partial charge is 0.150 e. The summed E-state index contributed by atoms with van der Waals surface area (Å²) in [5.74, 6) is 4.01. The van der Waals surface area contributed by atoms with Crippen molar-refractivity contribution in [1.82, 2.24) is 5.32 Å². The van der Waals surface area contributed by atoms with Gasteiger partial charge in [0.2, 0.25) is 0 Å². The third-order valence-electron chi connectivity index (χ3n) is 3.41. The maximum atomic E-state index is 11.4. The first-order chi connectivity index (χ1) is 10.00. The maximum Gasteiger partial charge on any atom is 0.150 e. The minimum atomic E-state index is -2.81. The number of terminal acetylenes is 1. The Bertz CT molecular complexity index is 637. The monoisotopic (exact) mass is 371 g/mol. The van der Waals surface area contributed by atoms with E-state index in [9.17, 15) is 8.42 Å². The summed E-state index contributed by atoms with van der Waals surface area (Å²) in [5, 5.41) is 3.31. The standard InChI is InChI=1S/C15H18BrNO3S/c1-2-6-20-15-4-3-14(16)8-13(15)10-17-9-12-5-7-21(18,19)11-12/h1,3-4,8,12,17H,5-7,9-11H2. The SMILES string of the molecule is C#CCOc1ccc(Br)cc1CNCC1CCS(=O)(=O)C1. The summed E-state index contributed by atoms with van der Waals surface area (Å²) in [5.41, 5.74) is 1.00. The van der Waals surface area contributed by atoms with Crippen LogP contribution in [0.25, 0.3) is 0 Å². The van der Waals surface area contributed by atoms with E-state index in [-0.39, 0.29) is 12.5 Å². The summed E-state index contributed by atoms with van der Waals surface area (Å²) in [6, 6.07) is 5.75. The lowest BCUT2D eigenvalue weighted by Crippen LogP contribution is -2.23. The van der Waals surface area contributed by atoms with Crippen LogP contribution in [0.4, 0.5) is 0 Å². The Morgan fingerprint density at radius 2 is 2.29 bits per heavy atom. The molecular weight excluding hydrogens is 354 g/mol. The summed E-state index contributed by atoms with van der Waals surface area (Å²) in [6.45, 7) is 1.55. The molecule has 1 N–H and O–H groups in total. The molecule has 114 valence electrons. The number of rotatable bonds is 6. The molecule has 1 heterocycles. The second-order valence-electron chi connectivity index (χ2n) is 5.14. The van der Waals surface area contributed by atoms with Crippen molar-refractivity contribution in [3.63, 3.8) is 0 Å². The number of hydrogen-bond donors (Lipinski definition) is 1. The molecule has 6 heteroatoms. The average molecular weight is 372 g/mol. The van der Waals surface area contributed by atoms with Crippen LogP contribution in [0.2, 0.25) is 0 Å². The minimum Gasteiger partial charge on any atom is -0.481 e. The van der Waals surface area contributed by atoms with Crippen LogP contribution in [0.3, 0.4) is 0 Å². The quantitative estimate of drug-likeness (QED) is 0.776. The van der Waals surface area contributed by atoms with Crippen LogP contribution in [0.5, 0.6) is 5.75 Å². The second kappa shape index (κ2) is 7.30. The Labute approximate surface area is 134 Å². The van der Waals surface area contributed by atoms with Gasteiger partial charge in [-0.3, -0.25) is 0 Å². The maximum absolute atomic E-state index is 11.4. The summed E-state index contributed by atoms with van der Waals surface area (Å²) < 4.78 is 29.3. The molecule has 1 unspecified atom stereocenters. The highest BCUT2D eigenvalue weighted by molar-refractivity contribution is 9.10. The number of benzene rings is 1. The van der Waals surface area contributed by atoms with Crippen molar-refractivity contribution in [2.45, 2.75) is 13.0 Å². The Hall–Kier alpha value is -1.03. The first-order valence-electron chi connectivity index (χ1n) is 6.76. The molecule has 21 heavy (non-hydrogen) atoms. The van der Waals surface area contributed by atoms with E-state index in [1.54, 1.807) is 0 Å². The molecule has 1 aliphatic rings. The van der Waals surface area contributed by atoms with Gasteiger partial charge in [0, 0.05) is 16.6 Å². The van der Waals surface area contributed by atoms with Crippen molar-refractivity contribution in [3.05, 3.63) is 28.2 Å². The third-order valence-corrected chi connectivity index (χ3v) is 5.74. The molecule has 4 nitrogen and oxygen atoms in total. The summed E-state index contributed by atoms with van der Waals surface area (Å²) in [7, 11) is -2.81. The molecule has 0 spiro atoms. The van der Waals surface area contributed by atoms with Gasteiger partial charge in [-0.1, -0.05) is 21.9 Å². The number of halogens is 1. The minimum absolute atomic E-state index is 0.206. The highest BCUT2D eigenvalue weighted by Crippen LogP contribution is 2.23. The fourth-order valence-electron chi connectivity index (χ4n) is 2.39. The van der Waals surface area contributed by atoms with Crippen molar-refractivity contribution >= 4 is 25.8 Å². The van der Waals surface area contributed by atoms with Gasteiger partial charge in [-0.05, 0) is 37.1 Å². The van der Waals surface area contributed by atoms with Gasteiger partial charge in [0.15, 0.2) is 9.84 Å². The molecule has 1 fully saturated rings. The van der Waals surface area contributed by atoms with E-state index < -0.39 is 9.84 Å². The first kappa shape index (κ1) is 16.3. The fourth-order valence-corrected chi connectivity index (χ4v) is 4.66. The van der Waals surface area contributed by atoms with Crippen molar-refractivity contribution in [3.8, 4) is 18.1 Å². The van der Waals surface area contributed by atoms with Gasteiger partial charge < -0.3 is 10.1 Å². The molecule has 0 aromatic heterocycles. The highest BCUT2D eigenvalue weighted by atomic mass is 79.9. The molecule has 1 aliphatic heterocycles. The molecule has 0 radical (unpaired) electrons. The van der Waals surface area contributed by atoms with Crippen molar-refractivity contribution < 1.29 is 13.2 Å². The Morgan fingerprint density at radius 3 is 2.95 bits per heavy atom. The lowest BCUT2D eigenvalue weighted by molar-refractivity contribution is 0.364. The molecule has 1 saturated heterocycles. The van der Waals surface area contributed by atoms with Gasteiger partial charge >= 0.3 is 0 Å². The van der Waals surface area contributed by atoms with E-state index in [1.807, 2.05) is 18.2 Å². The van der Waals surface area contributed by atoms with E-state index in [2.05, 4.69) is 27.2 Å². The zero-order valence-electron chi connectivity index (χ0n) is 11.6. The van der Waals surface area contributed by atoms with Crippen molar-refractivity contribution in [2.24, 2.45) is 5.92 Å². The molecule has 1 aromatic carbocycles. The van der Waals surface area contributed by atoms with Crippen molar-refractivity contribution in [1.29, 1.82) is 0 Å². The largest absolute Gasteiger partial charge is 0.481 e. The molecule has 0 amide bonds. The zero-order chi connectivity index (χ0) is 15.3. The molecule has 2 rings (SSSR count). The molecule has 1 atom stereocenters. The van der Waals surface area contributed by atoms with Gasteiger partial charge in [-0.15, -0.1) is 6.42 Å². The molecule has 0 bridgehead atoms. The Kier molecular flexibility index (Phi) is 5.68. The van der Waals surface area contributed by atoms with Crippen LogP contribution in [0.15, 0.2) is 22.7 Å². The van der Waals surface area contributed by atoms with E-state index in [1.165, 1.54) is 0 Å². The molecular formula is C15H18BrNO3S. The topological polar surface area (TPSA) is 55.4 Å². The van der Waals surface area contributed by atoms with E-state index >= 15 is 0 Å². The number of nitrogens with one attached hydrogen (secondary N) is 1. The lowest BCUT2D eigenvalue weighted by atomic mass is 10.1. The van der Waals surface area contributed by atoms with Crippen LogP contribution < -0.4 is 10.1 Å². The van der Waals surface area contributed by atoms with Gasteiger partial charge in [0.25, 0.3) is 0 Å². The highest BCUT2D eigenvalue weighted by Gasteiger charge is 2.27. The predicted octanol–water partition coefficient (Wildman–Crippen LogP) is 1.99. The molecule has 0 saturated carbocycles. The second-order valence-corrected chi connectivity index (χ2v) is 8.29. The van der Waals surface area contributed by atoms with E-state index in [0.717, 1.165) is 22.2 Å². The molecule has 0 aliphatic carbocycles. The Morgan fingerprint density at radius 1 is 1.48 bits per heavy atom. The van der Waals surface area contributed by atoms with Gasteiger partial charge in [0.1, 0.15) is 12.4 Å². The summed E-state index contributed by atoms with van der Waals surface area (Å²) in [6.07, 6.45) is 5.95. The van der Waals surface area contributed by atoms with Crippen LogP contribution in [0, 0.1) is 18.3 Å². The third kappa shape index (κ3) is 5.03. The zero-order valence-corrected chi connectivity index (χ0v) is 14.0. The van der Waals surface area contributed by atoms with Crippen LogP contribution in [-0.2, 0) is 16.4 Å². The summed E-state index contributed by atoms with van der Waals surface area (Å²) >= 11 is 3.43. The van der Waals surface area contributed by atoms with E-state index in [0.29, 0.717) is 24.6 Å². The lowest BCUT2D eigenvalue weighted by Gasteiger charge is -2.13. The Balaban J connectivity index is 1.90. The number of hydrogen-bond acceptors (Lipinski definition) is 4. The summed E-state index contributed by atoms with van der Waals surface area (Å²) in [4.78, 5) is 0. The van der Waals surface area contributed by atoms with Crippen molar-refractivity contribution in [2.75, 3.05) is 24.7 Å². The normalized spacial score (nSPS) is 20.1. The van der Waals surface area contributed by atoms with Gasteiger partial charge in [0.05, 0.1) is 11.5 Å². The number of ether oxygens (including phenoxy) is 1. The molecule has 1 aromatic rings. The average Bonchev–Trinajstić information content (AvgIpc) is 2.77. The van der Waals surface area contributed by atoms with Gasteiger partial charge in [-0.2, -0.15) is 0 Å². The number of sulfone groups is 1. The van der Waals surface area contributed by atoms with Gasteiger partial charge in [-0.25, -0.2) is 8.42 Å². The van der Waals surface area contributed by atoms with Crippen LogP contribution >= 0.6 is 15.9 Å². The van der Waals surface area contributed by atoms with Crippen LogP contribution in [-0.4, -0.2) is 33.1 Å². The van der Waals surface area contributed by atoms with Crippen LogP contribution in [0.1, 0.15) is 12.0 Å². The van der Waals surface area contributed by atoms with E-state index in [4.69, 9.17) is 11.2 Å². The first-order valence-corrected chi connectivity index (χ1v) is 9.37. The fraction of sp³-hybridized carbons (Fsp3) is 0.467.